The molecule has 0 saturated heterocycles. The van der Waals surface area contributed by atoms with Crippen LogP contribution in [0.2, 0.25) is 0 Å². The van der Waals surface area contributed by atoms with Crippen LogP contribution in [-0.4, -0.2) is 37.6 Å². The van der Waals surface area contributed by atoms with Gasteiger partial charge in [-0.15, -0.1) is 0 Å². The lowest BCUT2D eigenvalue weighted by atomic mass is 15.9. The highest BCUT2D eigenvalue weighted by molar-refractivity contribution is 5.94. The van der Waals surface area contributed by atoms with Crippen molar-refractivity contribution in [2.24, 2.45) is 0 Å². The molecule has 0 aromatic heterocycles. The largest absolute Gasteiger partial charge is 0.549 e. The van der Waals surface area contributed by atoms with E-state index in [0.29, 0.717) is 0 Å². The lowest BCUT2D eigenvalue weighted by molar-refractivity contribution is 0.497. The predicted octanol–water partition coefficient (Wildman–Crippen LogP) is -1.38. The van der Waals surface area contributed by atoms with Crippen molar-refractivity contribution in [2.75, 3.05) is 0 Å². The molecule has 0 aliphatic heterocycles. The highest BCUT2D eigenvalue weighted by Gasteiger charge is 1.22. The smallest absolute Gasteiger partial charge is 0.274 e. The van der Waals surface area contributed by atoms with Crippen LogP contribution in [0.15, 0.2) is 0 Å². The number of rotatable bonds is 0. The van der Waals surface area contributed by atoms with E-state index in [1.165, 1.54) is 0 Å². The molecule has 0 bridgehead atoms. The van der Waals surface area contributed by atoms with Crippen LogP contribution in [0.4, 0.5) is 0 Å². The quantitative estimate of drug-likeness (QED) is 0.365. The fourth-order valence-electron chi connectivity index (χ4n) is 0. The first-order valence-corrected chi connectivity index (χ1v) is 1.22. The zero-order chi connectivity index (χ0) is 2.71. The fraction of sp³-hybridized carbons (Fsp3) is 0. The molecule has 0 spiro atoms. The molecule has 5 heavy (non-hydrogen) atoms. The molecular weight excluding hydrogens is 115 g/mol. The van der Waals surface area contributed by atoms with E-state index >= 15 is 0 Å². The molecule has 0 saturated carbocycles. The van der Waals surface area contributed by atoms with E-state index in [9.17, 15) is 0 Å². The average molecular weight is 115 g/mol. The van der Waals surface area contributed by atoms with Crippen molar-refractivity contribution < 1.29 is 8.92 Å². The molecule has 0 N–H and O–H groups in total. The number of hydrogen-bond donors (Lipinski definition) is 0. The van der Waals surface area contributed by atoms with Crippen molar-refractivity contribution in [3.63, 3.8) is 0 Å². The minimum atomic E-state index is -1.42. The van der Waals surface area contributed by atoms with Gasteiger partial charge in [-0.05, 0) is 0 Å². The molecule has 23 valence electrons. The van der Waals surface area contributed by atoms with Crippen molar-refractivity contribution >= 4 is 37.6 Å². The van der Waals surface area contributed by atoms with Crippen LogP contribution in [-0.2, 0) is 8.92 Å². The van der Waals surface area contributed by atoms with Crippen LogP contribution in [0.1, 0.15) is 0 Å². The molecule has 0 aliphatic rings. The standard InChI is InChI=1S/Al.O2Si.Si/c;1-3-2;. The predicted molar refractivity (Wildman–Crippen MR) is 18.6 cm³/mol. The van der Waals surface area contributed by atoms with Crippen LogP contribution in [0.3, 0.4) is 0 Å². The molecule has 0 unspecified atom stereocenters. The Morgan fingerprint density at radius 3 is 1.20 bits per heavy atom. The second-order valence-electron chi connectivity index (χ2n) is 0.0833. The monoisotopic (exact) mass is 115 g/mol. The molecule has 0 aromatic carbocycles. The van der Waals surface area contributed by atoms with Gasteiger partial charge in [-0.25, -0.2) is 0 Å². The Kier molecular flexibility index (Phi) is 83.4. The Labute approximate surface area is 47.0 Å². The van der Waals surface area contributed by atoms with Crippen LogP contribution in [0.25, 0.3) is 0 Å². The minimum absolute atomic E-state index is 0. The van der Waals surface area contributed by atoms with Gasteiger partial charge >= 0.3 is 9.29 Å². The maximum absolute atomic E-state index is 8.40. The molecule has 0 aliphatic carbocycles. The van der Waals surface area contributed by atoms with E-state index in [2.05, 4.69) is 0 Å². The molecule has 0 aromatic rings. The summed E-state index contributed by atoms with van der Waals surface area (Å²) in [5.74, 6) is 0. The zero-order valence-corrected chi connectivity index (χ0v) is 5.55. The van der Waals surface area contributed by atoms with Gasteiger partial charge in [-0.3, -0.25) is 8.92 Å². The Balaban J connectivity index is -0.0000000200. The van der Waals surface area contributed by atoms with Gasteiger partial charge in [0, 0.05) is 28.3 Å². The van der Waals surface area contributed by atoms with Crippen molar-refractivity contribution in [3.05, 3.63) is 0 Å². The Morgan fingerprint density at radius 1 is 1.20 bits per heavy atom. The molecular formula is AlO2Si2. The third-order valence-electron chi connectivity index (χ3n) is 0. The van der Waals surface area contributed by atoms with Gasteiger partial charge in [0.1, 0.15) is 0 Å². The van der Waals surface area contributed by atoms with Crippen molar-refractivity contribution in [2.45, 2.75) is 0 Å². The molecule has 5 heteroatoms. The minimum Gasteiger partial charge on any atom is -0.274 e. The molecule has 7 radical (unpaired) electrons. The SMILES string of the molecule is O=[Si]=O.[Al].[Si]. The summed E-state index contributed by atoms with van der Waals surface area (Å²) < 4.78 is 16.8. The van der Waals surface area contributed by atoms with Gasteiger partial charge in [0.05, 0.1) is 0 Å². The summed E-state index contributed by atoms with van der Waals surface area (Å²) in [6.45, 7) is 0. The summed E-state index contributed by atoms with van der Waals surface area (Å²) in [5, 5.41) is 0. The van der Waals surface area contributed by atoms with Gasteiger partial charge in [-0.2, -0.15) is 0 Å². The highest BCUT2D eigenvalue weighted by Crippen LogP contribution is 0.759. The molecule has 0 fully saturated rings. The molecule has 0 heterocycles. The summed E-state index contributed by atoms with van der Waals surface area (Å²) in [6, 6.07) is 0. The van der Waals surface area contributed by atoms with E-state index < -0.39 is 9.29 Å². The van der Waals surface area contributed by atoms with Crippen LogP contribution in [0, 0.1) is 0 Å². The van der Waals surface area contributed by atoms with Crippen molar-refractivity contribution in [1.29, 1.82) is 0 Å². The van der Waals surface area contributed by atoms with Gasteiger partial charge in [0.2, 0.25) is 0 Å². The Morgan fingerprint density at radius 2 is 1.20 bits per heavy atom. The second-order valence-corrected chi connectivity index (χ2v) is 0.250. The van der Waals surface area contributed by atoms with Crippen molar-refractivity contribution in [3.8, 4) is 0 Å². The topological polar surface area (TPSA) is 34.1 Å². The maximum Gasteiger partial charge on any atom is 0.549 e. The van der Waals surface area contributed by atoms with Crippen LogP contribution < -0.4 is 0 Å². The normalized spacial score (nSPS) is 1.60. The third-order valence-corrected chi connectivity index (χ3v) is 0. The van der Waals surface area contributed by atoms with Crippen LogP contribution in [0.5, 0.6) is 0 Å². The lowest BCUT2D eigenvalue weighted by Gasteiger charge is -0.944. The van der Waals surface area contributed by atoms with E-state index in [4.69, 9.17) is 8.92 Å². The molecule has 2 nitrogen and oxygen atoms in total. The second kappa shape index (κ2) is 23.7. The zero-order valence-electron chi connectivity index (χ0n) is 2.39. The summed E-state index contributed by atoms with van der Waals surface area (Å²) in [6.07, 6.45) is 0. The van der Waals surface area contributed by atoms with Gasteiger partial charge in [0.25, 0.3) is 0 Å². The van der Waals surface area contributed by atoms with Gasteiger partial charge in [0.15, 0.2) is 0 Å². The number of hydrogen-bond acceptors (Lipinski definition) is 2. The first-order valence-electron chi connectivity index (χ1n) is 0.408. The summed E-state index contributed by atoms with van der Waals surface area (Å²) >= 11 is 0. The Bertz CT molecular complexity index is 28.6. The maximum atomic E-state index is 8.40. The first-order chi connectivity index (χ1) is 1.41. The average Bonchev–Trinajstić information content (AvgIpc) is 0.918. The first kappa shape index (κ1) is 17.6. The lowest BCUT2D eigenvalue weighted by Crippen LogP contribution is -1.26. The molecule has 0 atom stereocenters. The molecule has 0 rings (SSSR count). The fourth-order valence-corrected chi connectivity index (χ4v) is 0. The molecule has 0 amide bonds. The third kappa shape index (κ3) is 93.8. The van der Waals surface area contributed by atoms with E-state index in [-0.39, 0.29) is 28.3 Å². The van der Waals surface area contributed by atoms with Gasteiger partial charge < -0.3 is 0 Å². The summed E-state index contributed by atoms with van der Waals surface area (Å²) in [7, 11) is -1.42. The summed E-state index contributed by atoms with van der Waals surface area (Å²) in [4.78, 5) is 0. The Hall–Kier alpha value is 0.566. The van der Waals surface area contributed by atoms with E-state index in [0.717, 1.165) is 0 Å². The van der Waals surface area contributed by atoms with Crippen LogP contribution >= 0.6 is 0 Å². The van der Waals surface area contributed by atoms with Crippen molar-refractivity contribution in [1.82, 2.24) is 0 Å². The van der Waals surface area contributed by atoms with E-state index in [1.54, 1.807) is 0 Å². The van der Waals surface area contributed by atoms with Gasteiger partial charge in [-0.1, -0.05) is 0 Å². The summed E-state index contributed by atoms with van der Waals surface area (Å²) in [5.41, 5.74) is 0. The van der Waals surface area contributed by atoms with E-state index in [1.807, 2.05) is 0 Å². The highest BCUT2D eigenvalue weighted by atomic mass is 28.2.